The van der Waals surface area contributed by atoms with E-state index in [9.17, 15) is 24.0 Å². The smallest absolute Gasteiger partial charge is 0.271 e. The van der Waals surface area contributed by atoms with Crippen molar-refractivity contribution in [1.29, 1.82) is 0 Å². The number of carbonyl (C=O) groups excluding carboxylic acids is 5. The number of nitrogens with zero attached hydrogens (tertiary/aromatic N) is 2. The van der Waals surface area contributed by atoms with Crippen LogP contribution in [0.25, 0.3) is 0 Å². The molecule has 1 atom stereocenters. The number of nitrogens with one attached hydrogen (secondary N) is 2. The van der Waals surface area contributed by atoms with Gasteiger partial charge in [-0.1, -0.05) is 23.2 Å². The number of hydrogen-bond donors (Lipinski definition) is 2. The quantitative estimate of drug-likeness (QED) is 0.519. The van der Waals surface area contributed by atoms with Gasteiger partial charge in [-0.15, -0.1) is 0 Å². The lowest BCUT2D eigenvalue weighted by Gasteiger charge is -2.26. The molecular weight excluding hydrogens is 459 g/mol. The van der Waals surface area contributed by atoms with Gasteiger partial charge in [0, 0.05) is 24.6 Å². The summed E-state index contributed by atoms with van der Waals surface area (Å²) < 4.78 is 0. The number of hydrogen-bond acceptors (Lipinski definition) is 5. The molecule has 1 fully saturated rings. The summed E-state index contributed by atoms with van der Waals surface area (Å²) in [5, 5.41) is 3.79. The van der Waals surface area contributed by atoms with Crippen molar-refractivity contribution in [3.05, 3.63) is 58.1 Å². The summed E-state index contributed by atoms with van der Waals surface area (Å²) >= 11 is 11.9. The molecule has 166 valence electrons. The Kier molecular flexibility index (Phi) is 6.81. The van der Waals surface area contributed by atoms with Crippen molar-refractivity contribution >= 4 is 64.1 Å². The number of imide groups is 1. The molecule has 1 saturated heterocycles. The summed E-state index contributed by atoms with van der Waals surface area (Å²) in [5.74, 6) is -2.87. The molecule has 2 aromatic rings. The van der Waals surface area contributed by atoms with E-state index in [1.807, 2.05) is 0 Å². The molecule has 1 heterocycles. The Morgan fingerprint density at radius 3 is 2.25 bits per heavy atom. The van der Waals surface area contributed by atoms with Crippen LogP contribution in [-0.4, -0.2) is 40.6 Å². The Morgan fingerprint density at radius 1 is 1.03 bits per heavy atom. The van der Waals surface area contributed by atoms with Gasteiger partial charge in [-0.05, 0) is 42.5 Å². The van der Waals surface area contributed by atoms with Crippen LogP contribution < -0.4 is 15.6 Å². The molecule has 0 aromatic heterocycles. The lowest BCUT2D eigenvalue weighted by molar-refractivity contribution is -0.139. The van der Waals surface area contributed by atoms with Crippen LogP contribution in [0.3, 0.4) is 0 Å². The van der Waals surface area contributed by atoms with Gasteiger partial charge < -0.3 is 5.32 Å². The van der Waals surface area contributed by atoms with Crippen molar-refractivity contribution in [3.8, 4) is 0 Å². The average Bonchev–Trinajstić information content (AvgIpc) is 2.99. The molecule has 1 unspecified atom stereocenters. The zero-order valence-corrected chi connectivity index (χ0v) is 18.5. The van der Waals surface area contributed by atoms with Gasteiger partial charge >= 0.3 is 0 Å². The van der Waals surface area contributed by atoms with E-state index in [4.69, 9.17) is 23.2 Å². The first-order valence-corrected chi connectivity index (χ1v) is 10.1. The molecule has 9 nitrogen and oxygen atoms in total. The summed E-state index contributed by atoms with van der Waals surface area (Å²) in [6.45, 7) is 2.51. The lowest BCUT2D eigenvalue weighted by Crippen LogP contribution is -2.54. The van der Waals surface area contributed by atoms with Gasteiger partial charge in [-0.25, -0.2) is 9.91 Å². The third kappa shape index (κ3) is 4.90. The number of benzene rings is 2. The zero-order valence-electron chi connectivity index (χ0n) is 17.0. The number of amides is 5. The first-order chi connectivity index (χ1) is 15.1. The highest BCUT2D eigenvalue weighted by molar-refractivity contribution is 6.36. The fraction of sp³-hybridized carbons (Fsp3) is 0.190. The number of carbonyl (C=O) groups is 5. The topological polar surface area (TPSA) is 116 Å². The number of hydrazine groups is 1. The normalized spacial score (nSPS) is 15.5. The second-order valence-corrected chi connectivity index (χ2v) is 7.81. The second-order valence-electron chi connectivity index (χ2n) is 6.97. The fourth-order valence-corrected chi connectivity index (χ4v) is 3.70. The minimum atomic E-state index is -1.23. The third-order valence-electron chi connectivity index (χ3n) is 4.62. The maximum atomic E-state index is 13.0. The Bertz CT molecular complexity index is 1120. The van der Waals surface area contributed by atoms with Crippen molar-refractivity contribution in [1.82, 2.24) is 10.4 Å². The summed E-state index contributed by atoms with van der Waals surface area (Å²) in [5.41, 5.74) is 3.17. The first kappa shape index (κ1) is 23.2. The van der Waals surface area contributed by atoms with Crippen LogP contribution in [0.1, 0.15) is 30.6 Å². The SMILES string of the molecule is CC(=O)Nc1ccc(N2C(=O)CC(N(NC(=O)c3ccc(Cl)cc3Cl)C(C)=O)C2=O)cc1. The molecule has 11 heteroatoms. The molecule has 1 aliphatic heterocycles. The van der Waals surface area contributed by atoms with E-state index in [2.05, 4.69) is 10.7 Å². The lowest BCUT2D eigenvalue weighted by atomic mass is 10.2. The summed E-state index contributed by atoms with van der Waals surface area (Å²) in [4.78, 5) is 62.5. The van der Waals surface area contributed by atoms with Gasteiger partial charge in [-0.2, -0.15) is 0 Å². The monoisotopic (exact) mass is 476 g/mol. The van der Waals surface area contributed by atoms with Crippen LogP contribution in [0, 0.1) is 0 Å². The molecule has 5 amide bonds. The van der Waals surface area contributed by atoms with E-state index in [0.29, 0.717) is 10.7 Å². The Labute approximate surface area is 193 Å². The van der Waals surface area contributed by atoms with Crippen molar-refractivity contribution in [3.63, 3.8) is 0 Å². The van der Waals surface area contributed by atoms with Crippen molar-refractivity contribution in [2.45, 2.75) is 26.3 Å². The van der Waals surface area contributed by atoms with Gasteiger partial charge in [0.2, 0.25) is 17.7 Å². The van der Waals surface area contributed by atoms with Gasteiger partial charge in [0.25, 0.3) is 11.8 Å². The predicted octanol–water partition coefficient (Wildman–Crippen LogP) is 2.78. The van der Waals surface area contributed by atoms with Crippen LogP contribution >= 0.6 is 23.2 Å². The second kappa shape index (κ2) is 9.37. The van der Waals surface area contributed by atoms with Crippen LogP contribution in [-0.2, 0) is 19.2 Å². The van der Waals surface area contributed by atoms with Crippen LogP contribution in [0.4, 0.5) is 11.4 Å². The van der Waals surface area contributed by atoms with E-state index in [-0.39, 0.29) is 28.6 Å². The van der Waals surface area contributed by atoms with Gasteiger partial charge in [0.15, 0.2) is 0 Å². The van der Waals surface area contributed by atoms with E-state index < -0.39 is 29.7 Å². The molecule has 0 spiro atoms. The highest BCUT2D eigenvalue weighted by atomic mass is 35.5. The molecule has 3 rings (SSSR count). The summed E-state index contributed by atoms with van der Waals surface area (Å²) in [7, 11) is 0. The first-order valence-electron chi connectivity index (χ1n) is 9.38. The Morgan fingerprint density at radius 2 is 1.69 bits per heavy atom. The van der Waals surface area contributed by atoms with E-state index in [1.54, 1.807) is 0 Å². The van der Waals surface area contributed by atoms with Crippen molar-refractivity contribution in [2.24, 2.45) is 0 Å². The maximum Gasteiger partial charge on any atom is 0.271 e. The minimum absolute atomic E-state index is 0.0458. The molecule has 32 heavy (non-hydrogen) atoms. The molecule has 0 aliphatic carbocycles. The summed E-state index contributed by atoms with van der Waals surface area (Å²) in [6, 6.07) is 9.04. The minimum Gasteiger partial charge on any atom is -0.326 e. The molecule has 2 aromatic carbocycles. The zero-order chi connectivity index (χ0) is 23.6. The van der Waals surface area contributed by atoms with Crippen molar-refractivity contribution in [2.75, 3.05) is 10.2 Å². The fourth-order valence-electron chi connectivity index (χ4n) is 3.21. The largest absolute Gasteiger partial charge is 0.326 e. The third-order valence-corrected chi connectivity index (χ3v) is 5.17. The summed E-state index contributed by atoms with van der Waals surface area (Å²) in [6.07, 6.45) is -0.319. The number of anilines is 2. The molecule has 2 N–H and O–H groups in total. The van der Waals surface area contributed by atoms with E-state index >= 15 is 0 Å². The van der Waals surface area contributed by atoms with Gasteiger partial charge in [0.1, 0.15) is 6.04 Å². The predicted molar refractivity (Wildman–Crippen MR) is 118 cm³/mol. The molecular formula is C21H18Cl2N4O5. The Hall–Kier alpha value is -3.43. The maximum absolute atomic E-state index is 13.0. The average molecular weight is 477 g/mol. The number of halogens is 2. The van der Waals surface area contributed by atoms with Gasteiger partial charge in [0.05, 0.1) is 22.7 Å². The van der Waals surface area contributed by atoms with E-state index in [0.717, 1.165) is 16.8 Å². The standard InChI is InChI=1S/C21H18Cl2N4O5/c1-11(28)24-14-4-6-15(7-5-14)26-19(30)10-18(21(26)32)27(12(2)29)25-20(31)16-8-3-13(22)9-17(16)23/h3-9,18H,10H2,1-2H3,(H,24,28)(H,25,31). The Balaban J connectivity index is 1.81. The molecule has 0 saturated carbocycles. The van der Waals surface area contributed by atoms with Crippen LogP contribution in [0.2, 0.25) is 10.0 Å². The van der Waals surface area contributed by atoms with E-state index in [1.165, 1.54) is 49.4 Å². The molecule has 1 aliphatic rings. The van der Waals surface area contributed by atoms with Gasteiger partial charge in [-0.3, -0.25) is 29.4 Å². The number of rotatable bonds is 4. The molecule has 0 bridgehead atoms. The highest BCUT2D eigenvalue weighted by Crippen LogP contribution is 2.27. The highest BCUT2D eigenvalue weighted by Gasteiger charge is 2.44. The van der Waals surface area contributed by atoms with Crippen molar-refractivity contribution < 1.29 is 24.0 Å². The van der Waals surface area contributed by atoms with Crippen LogP contribution in [0.5, 0.6) is 0 Å². The molecule has 0 radical (unpaired) electrons. The van der Waals surface area contributed by atoms with Crippen LogP contribution in [0.15, 0.2) is 42.5 Å².